The van der Waals surface area contributed by atoms with Crippen molar-refractivity contribution < 1.29 is 24.3 Å². The first-order valence-corrected chi connectivity index (χ1v) is 23.3. The number of carbonyl (C=O) groups is 4. The van der Waals surface area contributed by atoms with Crippen molar-refractivity contribution in [3.05, 3.63) is 122 Å². The van der Waals surface area contributed by atoms with Gasteiger partial charge in [-0.15, -0.1) is 0 Å². The molecule has 0 aliphatic carbocycles. The van der Waals surface area contributed by atoms with E-state index in [1.54, 1.807) is 0 Å². The van der Waals surface area contributed by atoms with Crippen LogP contribution in [0.4, 0.5) is 17.1 Å². The molecule has 0 spiro atoms. The van der Waals surface area contributed by atoms with Gasteiger partial charge in [-0.3, -0.25) is 19.2 Å². The maximum Gasteiger partial charge on any atom is 0.266 e. The summed E-state index contributed by atoms with van der Waals surface area (Å²) in [5, 5.41) is 19.2. The number of imide groups is 2. The van der Waals surface area contributed by atoms with Crippen LogP contribution in [0.15, 0.2) is 77.3 Å². The fourth-order valence-electron chi connectivity index (χ4n) is 10.3. The average Bonchev–Trinajstić information content (AvgIpc) is 3.25. The summed E-state index contributed by atoms with van der Waals surface area (Å²) in [7, 11) is 0. The van der Waals surface area contributed by atoms with E-state index in [1.807, 2.05) is 72.8 Å². The molecule has 63 heavy (non-hydrogen) atoms. The van der Waals surface area contributed by atoms with Crippen molar-refractivity contribution in [1.29, 1.82) is 0 Å². The van der Waals surface area contributed by atoms with Crippen molar-refractivity contribution in [1.82, 2.24) is 0 Å². The minimum Gasteiger partial charge on any atom is -0.396 e. The first kappa shape index (κ1) is 42.7. The van der Waals surface area contributed by atoms with Crippen LogP contribution in [-0.4, -0.2) is 41.9 Å². The van der Waals surface area contributed by atoms with Crippen LogP contribution in [0.25, 0.3) is 43.1 Å². The summed E-state index contributed by atoms with van der Waals surface area (Å²) in [6.07, 6.45) is 3.39. The number of hydrogen-bond donors (Lipinski definition) is 2. The molecule has 322 valence electrons. The summed E-state index contributed by atoms with van der Waals surface area (Å²) in [5.74, 6) is -1.22. The molecule has 8 nitrogen and oxygen atoms in total. The van der Waals surface area contributed by atoms with Crippen LogP contribution in [-0.2, 0) is 0 Å². The van der Waals surface area contributed by atoms with E-state index < -0.39 is 0 Å². The van der Waals surface area contributed by atoms with E-state index in [1.165, 1.54) is 9.80 Å². The standard InChI is InChI=1S/C54H54BrN3O5/c1-27(2)31-15-13-16-32(28(3)4)49(31)57-51(60)37-22-20-36-46-42(56-23-11-9-10-12-24-59)26-40-44-38(21-19-35(48(44)46)45-41(55)25-39(53(57)62)43(37)47(36)45)52(61)58(54(40)63)50-33(29(5)6)17-14-18-34(50)30(7)8/h13-22,25-30,56,59H,9-12,23-24H2,1-8H3. The van der Waals surface area contributed by atoms with Crippen LogP contribution in [0.2, 0.25) is 0 Å². The van der Waals surface area contributed by atoms with Crippen molar-refractivity contribution in [2.75, 3.05) is 28.3 Å². The molecular formula is C54H54BrN3O5. The second-order valence-corrected chi connectivity index (χ2v) is 19.4. The lowest BCUT2D eigenvalue weighted by atomic mass is 9.81. The number of benzene rings is 7. The van der Waals surface area contributed by atoms with Crippen LogP contribution < -0.4 is 15.1 Å². The van der Waals surface area contributed by atoms with Gasteiger partial charge in [-0.25, -0.2) is 9.80 Å². The predicted octanol–water partition coefficient (Wildman–Crippen LogP) is 13.6. The third kappa shape index (κ3) is 6.48. The summed E-state index contributed by atoms with van der Waals surface area (Å²) < 4.78 is 0.680. The van der Waals surface area contributed by atoms with Gasteiger partial charge in [-0.1, -0.05) is 133 Å². The van der Waals surface area contributed by atoms with Gasteiger partial charge in [-0.2, -0.15) is 0 Å². The van der Waals surface area contributed by atoms with E-state index in [-0.39, 0.29) is 53.9 Å². The second-order valence-electron chi connectivity index (χ2n) is 18.6. The molecule has 0 aromatic heterocycles. The Hall–Kier alpha value is -5.64. The van der Waals surface area contributed by atoms with Crippen LogP contribution in [0.1, 0.15) is 168 Å². The van der Waals surface area contributed by atoms with E-state index in [0.717, 1.165) is 85.9 Å². The lowest BCUT2D eigenvalue weighted by molar-refractivity contribution is 0.0877. The first-order chi connectivity index (χ1) is 30.2. The van der Waals surface area contributed by atoms with Crippen LogP contribution in [0, 0.1) is 0 Å². The molecule has 0 saturated heterocycles. The van der Waals surface area contributed by atoms with E-state index >= 15 is 19.2 Å². The summed E-state index contributed by atoms with van der Waals surface area (Å²) in [5.41, 5.74) is 7.57. The smallest absolute Gasteiger partial charge is 0.266 e. The molecule has 2 aliphatic heterocycles. The molecule has 0 fully saturated rings. The van der Waals surface area contributed by atoms with E-state index in [2.05, 4.69) is 76.6 Å². The van der Waals surface area contributed by atoms with E-state index in [4.69, 9.17) is 0 Å². The SMILES string of the molecule is CC(C)c1cccc(C(C)C)c1N1C(=O)c2ccc3c4c(NCCCCCCO)cc5c6c(ccc(c7c(Br)cc(c2c37)C1=O)c64)C(=O)N(c1c(C(C)C)cccc1C(C)C)C5=O. The zero-order valence-corrected chi connectivity index (χ0v) is 38.9. The Kier molecular flexibility index (Phi) is 10.9. The number of nitrogens with zero attached hydrogens (tertiary/aromatic N) is 2. The number of anilines is 3. The minimum absolute atomic E-state index is 0.0585. The lowest BCUT2D eigenvalue weighted by Crippen LogP contribution is -2.42. The Morgan fingerprint density at radius 2 is 0.905 bits per heavy atom. The molecule has 2 N–H and O–H groups in total. The number of halogens is 1. The molecule has 2 heterocycles. The van der Waals surface area contributed by atoms with Crippen molar-refractivity contribution in [2.45, 2.75) is 105 Å². The summed E-state index contributed by atoms with van der Waals surface area (Å²) in [4.78, 5) is 63.2. The van der Waals surface area contributed by atoms with Gasteiger partial charge in [0.2, 0.25) is 0 Å². The molecule has 4 amide bonds. The third-order valence-electron chi connectivity index (χ3n) is 13.3. The molecule has 0 atom stereocenters. The number of aliphatic hydroxyl groups is 1. The summed E-state index contributed by atoms with van der Waals surface area (Å²) >= 11 is 3.93. The molecule has 7 aromatic rings. The Bertz CT molecular complexity index is 3020. The van der Waals surface area contributed by atoms with Gasteiger partial charge in [-0.05, 0) is 93.8 Å². The number of carbonyl (C=O) groups excluding carboxylic acids is 4. The lowest BCUT2D eigenvalue weighted by Gasteiger charge is -2.34. The highest BCUT2D eigenvalue weighted by atomic mass is 79.9. The molecule has 9 rings (SSSR count). The van der Waals surface area contributed by atoms with Crippen LogP contribution >= 0.6 is 15.9 Å². The molecule has 0 unspecified atom stereocenters. The van der Waals surface area contributed by atoms with Crippen LogP contribution in [0.5, 0.6) is 0 Å². The highest BCUT2D eigenvalue weighted by Crippen LogP contribution is 2.52. The maximum absolute atomic E-state index is 15.2. The fourth-order valence-corrected chi connectivity index (χ4v) is 11.0. The van der Waals surface area contributed by atoms with Crippen molar-refractivity contribution in [3.8, 4) is 0 Å². The largest absolute Gasteiger partial charge is 0.396 e. The van der Waals surface area contributed by atoms with E-state index in [0.29, 0.717) is 55.4 Å². The van der Waals surface area contributed by atoms with Gasteiger partial charge in [0.25, 0.3) is 23.6 Å². The number of hydrogen-bond acceptors (Lipinski definition) is 6. The number of fused-ring (bicyclic) bond motifs is 2. The van der Waals surface area contributed by atoms with Crippen molar-refractivity contribution >= 4 is 99.7 Å². The third-order valence-corrected chi connectivity index (χ3v) is 13.9. The predicted molar refractivity (Wildman–Crippen MR) is 261 cm³/mol. The topological polar surface area (TPSA) is 107 Å². The van der Waals surface area contributed by atoms with Gasteiger partial charge in [0, 0.05) is 66.8 Å². The van der Waals surface area contributed by atoms with Gasteiger partial charge >= 0.3 is 0 Å². The normalized spacial score (nSPS) is 14.3. The molecule has 2 aliphatic rings. The number of rotatable bonds is 13. The van der Waals surface area contributed by atoms with Crippen molar-refractivity contribution in [2.24, 2.45) is 0 Å². The van der Waals surface area contributed by atoms with Gasteiger partial charge in [0.05, 0.1) is 22.5 Å². The highest BCUT2D eigenvalue weighted by molar-refractivity contribution is 9.10. The monoisotopic (exact) mass is 903 g/mol. The molecule has 0 radical (unpaired) electrons. The Balaban J connectivity index is 1.33. The first-order valence-electron chi connectivity index (χ1n) is 22.5. The number of aliphatic hydroxyl groups excluding tert-OH is 1. The average molecular weight is 905 g/mol. The molecule has 0 bridgehead atoms. The van der Waals surface area contributed by atoms with Gasteiger partial charge in [0.1, 0.15) is 0 Å². The molecule has 9 heteroatoms. The zero-order chi connectivity index (χ0) is 44.8. The Morgan fingerprint density at radius 1 is 0.492 bits per heavy atom. The summed E-state index contributed by atoms with van der Waals surface area (Å²) in [6, 6.07) is 23.5. The quantitative estimate of drug-likeness (QED) is 0.0517. The number of para-hydroxylation sites is 2. The van der Waals surface area contributed by atoms with Crippen molar-refractivity contribution in [3.63, 3.8) is 0 Å². The minimum atomic E-state index is -0.372. The Labute approximate surface area is 377 Å². The Morgan fingerprint density at radius 3 is 1.37 bits per heavy atom. The molecule has 0 saturated carbocycles. The highest BCUT2D eigenvalue weighted by Gasteiger charge is 2.41. The van der Waals surface area contributed by atoms with Gasteiger partial charge in [0.15, 0.2) is 0 Å². The van der Waals surface area contributed by atoms with Gasteiger partial charge < -0.3 is 10.4 Å². The molecule has 7 aromatic carbocycles. The maximum atomic E-state index is 15.2. The number of nitrogens with one attached hydrogen (secondary N) is 1. The fraction of sp³-hybridized carbons (Fsp3) is 0.333. The molecular weight excluding hydrogens is 851 g/mol. The number of amides is 4. The second kappa shape index (κ2) is 16.2. The van der Waals surface area contributed by atoms with Crippen LogP contribution in [0.3, 0.4) is 0 Å². The number of unbranched alkanes of at least 4 members (excludes halogenated alkanes) is 3. The summed E-state index contributed by atoms with van der Waals surface area (Å²) in [6.45, 7) is 17.4. The van der Waals surface area contributed by atoms with E-state index in [9.17, 15) is 5.11 Å². The zero-order valence-electron chi connectivity index (χ0n) is 37.3.